The van der Waals surface area contributed by atoms with Crippen molar-refractivity contribution >= 4 is 28.6 Å². The van der Waals surface area contributed by atoms with Crippen molar-refractivity contribution in [3.63, 3.8) is 0 Å². The van der Waals surface area contributed by atoms with E-state index < -0.39 is 0 Å². The number of halogens is 1. The van der Waals surface area contributed by atoms with Crippen LogP contribution in [-0.2, 0) is 9.53 Å². The zero-order chi connectivity index (χ0) is 9.40. The molecular weight excluding hydrogens is 267 g/mol. The lowest BCUT2D eigenvalue weighted by Gasteiger charge is -1.98. The predicted octanol–water partition coefficient (Wildman–Crippen LogP) is 3.06. The molecular formula is C9H15IO2. The molecule has 0 spiro atoms. The summed E-state index contributed by atoms with van der Waals surface area (Å²) in [5.41, 5.74) is 0. The molecule has 0 heterocycles. The molecule has 0 amide bonds. The van der Waals surface area contributed by atoms with Crippen LogP contribution in [0, 0.1) is 0 Å². The number of ether oxygens (including phenoxy) is 1. The van der Waals surface area contributed by atoms with Crippen molar-refractivity contribution < 1.29 is 9.53 Å². The summed E-state index contributed by atoms with van der Waals surface area (Å²) in [4.78, 5) is 10.9. The van der Waals surface area contributed by atoms with Crippen LogP contribution in [0.4, 0.5) is 0 Å². The number of allylic oxidation sites excluding steroid dienone is 1. The van der Waals surface area contributed by atoms with Crippen LogP contribution in [0.25, 0.3) is 0 Å². The fourth-order valence-corrected chi connectivity index (χ4v) is 1.37. The van der Waals surface area contributed by atoms with Gasteiger partial charge in [0, 0.05) is 6.08 Å². The second-order valence-electron chi connectivity index (χ2n) is 2.45. The van der Waals surface area contributed by atoms with Crippen LogP contribution >= 0.6 is 22.6 Å². The molecule has 0 aliphatic rings. The van der Waals surface area contributed by atoms with Crippen molar-refractivity contribution in [2.45, 2.75) is 33.1 Å². The lowest BCUT2D eigenvalue weighted by atomic mass is 10.2. The maximum Gasteiger partial charge on any atom is 0.331 e. The molecule has 0 atom stereocenters. The molecule has 0 aromatic heterocycles. The number of rotatable bonds is 5. The molecule has 70 valence electrons. The van der Waals surface area contributed by atoms with Gasteiger partial charge in [0.2, 0.25) is 0 Å². The van der Waals surface area contributed by atoms with E-state index in [1.165, 1.54) is 0 Å². The van der Waals surface area contributed by atoms with E-state index in [9.17, 15) is 4.79 Å². The largest absolute Gasteiger partial charge is 0.463 e. The molecule has 3 heteroatoms. The molecule has 0 radical (unpaired) electrons. The Kier molecular flexibility index (Phi) is 7.54. The van der Waals surface area contributed by atoms with Crippen LogP contribution in [0.2, 0.25) is 0 Å². The van der Waals surface area contributed by atoms with Crippen molar-refractivity contribution in [2.24, 2.45) is 0 Å². The maximum absolute atomic E-state index is 10.9. The van der Waals surface area contributed by atoms with Gasteiger partial charge in [-0.3, -0.25) is 0 Å². The Morgan fingerprint density at radius 1 is 1.50 bits per heavy atom. The van der Waals surface area contributed by atoms with Gasteiger partial charge in [0.05, 0.1) is 6.61 Å². The highest BCUT2D eigenvalue weighted by Crippen LogP contribution is 2.14. The van der Waals surface area contributed by atoms with E-state index in [4.69, 9.17) is 4.74 Å². The second kappa shape index (κ2) is 7.58. The lowest BCUT2D eigenvalue weighted by Crippen LogP contribution is -1.99. The Hall–Kier alpha value is -0.0600. The first-order chi connectivity index (χ1) is 5.70. The van der Waals surface area contributed by atoms with E-state index in [1.807, 2.05) is 6.92 Å². The van der Waals surface area contributed by atoms with E-state index >= 15 is 0 Å². The van der Waals surface area contributed by atoms with Crippen molar-refractivity contribution in [2.75, 3.05) is 6.61 Å². The van der Waals surface area contributed by atoms with Crippen molar-refractivity contribution in [3.05, 3.63) is 9.66 Å². The minimum Gasteiger partial charge on any atom is -0.463 e. The summed E-state index contributed by atoms with van der Waals surface area (Å²) in [6.45, 7) is 4.39. The molecule has 2 nitrogen and oxygen atoms in total. The van der Waals surface area contributed by atoms with E-state index in [2.05, 4.69) is 29.5 Å². The number of hydrogen-bond acceptors (Lipinski definition) is 2. The topological polar surface area (TPSA) is 26.3 Å². The van der Waals surface area contributed by atoms with Gasteiger partial charge in [0.1, 0.15) is 0 Å². The molecule has 0 aromatic carbocycles. The van der Waals surface area contributed by atoms with Gasteiger partial charge in [-0.15, -0.1) is 0 Å². The molecule has 0 saturated heterocycles. The van der Waals surface area contributed by atoms with Crippen LogP contribution < -0.4 is 0 Å². The quantitative estimate of drug-likeness (QED) is 0.440. The van der Waals surface area contributed by atoms with Gasteiger partial charge in [-0.05, 0) is 45.9 Å². The average Bonchev–Trinajstić information content (AvgIpc) is 2.01. The zero-order valence-corrected chi connectivity index (χ0v) is 9.76. The molecule has 0 saturated carbocycles. The van der Waals surface area contributed by atoms with Crippen molar-refractivity contribution in [3.8, 4) is 0 Å². The van der Waals surface area contributed by atoms with Gasteiger partial charge in [0.15, 0.2) is 0 Å². The van der Waals surface area contributed by atoms with E-state index in [-0.39, 0.29) is 5.97 Å². The third kappa shape index (κ3) is 6.64. The zero-order valence-electron chi connectivity index (χ0n) is 7.60. The Balaban J connectivity index is 3.72. The summed E-state index contributed by atoms with van der Waals surface area (Å²) in [6, 6.07) is 0. The Morgan fingerprint density at radius 3 is 2.67 bits per heavy atom. The maximum atomic E-state index is 10.9. The number of unbranched alkanes of at least 4 members (excludes halogenated alkanes) is 1. The third-order valence-electron chi connectivity index (χ3n) is 1.33. The van der Waals surface area contributed by atoms with Gasteiger partial charge in [-0.25, -0.2) is 4.79 Å². The molecule has 0 rings (SSSR count). The first-order valence-electron chi connectivity index (χ1n) is 4.23. The van der Waals surface area contributed by atoms with Crippen LogP contribution in [-0.4, -0.2) is 12.6 Å². The number of carbonyl (C=O) groups is 1. The number of carbonyl (C=O) groups excluding carboxylic acids is 1. The smallest absolute Gasteiger partial charge is 0.331 e. The molecule has 0 aliphatic heterocycles. The lowest BCUT2D eigenvalue weighted by molar-refractivity contribution is -0.137. The van der Waals surface area contributed by atoms with E-state index in [1.54, 1.807) is 6.08 Å². The summed E-state index contributed by atoms with van der Waals surface area (Å²) >= 11 is 2.18. The Labute approximate surface area is 87.5 Å². The van der Waals surface area contributed by atoms with Crippen molar-refractivity contribution in [1.29, 1.82) is 0 Å². The minimum absolute atomic E-state index is 0.224. The summed E-state index contributed by atoms with van der Waals surface area (Å²) < 4.78 is 5.85. The van der Waals surface area contributed by atoms with E-state index in [0.29, 0.717) is 6.61 Å². The van der Waals surface area contributed by atoms with Gasteiger partial charge in [0.25, 0.3) is 0 Å². The molecule has 12 heavy (non-hydrogen) atoms. The minimum atomic E-state index is -0.224. The first kappa shape index (κ1) is 11.9. The highest BCUT2D eigenvalue weighted by atomic mass is 127. The number of esters is 1. The molecule has 0 aliphatic carbocycles. The fourth-order valence-electron chi connectivity index (χ4n) is 0.730. The van der Waals surface area contributed by atoms with E-state index in [0.717, 1.165) is 22.8 Å². The highest BCUT2D eigenvalue weighted by Gasteiger charge is 1.98. The van der Waals surface area contributed by atoms with Gasteiger partial charge >= 0.3 is 5.97 Å². The van der Waals surface area contributed by atoms with Crippen LogP contribution in [0.3, 0.4) is 0 Å². The summed E-state index contributed by atoms with van der Waals surface area (Å²) in [5.74, 6) is -0.224. The number of hydrogen-bond donors (Lipinski definition) is 0. The molecule has 0 N–H and O–H groups in total. The average molecular weight is 282 g/mol. The molecule has 0 aromatic rings. The Bertz CT molecular complexity index is 164. The predicted molar refractivity (Wildman–Crippen MR) is 58.3 cm³/mol. The summed E-state index contributed by atoms with van der Waals surface area (Å²) in [6.07, 6.45) is 4.84. The Morgan fingerprint density at radius 2 is 2.17 bits per heavy atom. The molecule has 0 unspecified atom stereocenters. The first-order valence-corrected chi connectivity index (χ1v) is 5.31. The molecule has 0 bridgehead atoms. The normalized spacial score (nSPS) is 11.4. The monoisotopic (exact) mass is 282 g/mol. The standard InChI is InChI=1S/C9H15IO2/c1-3-5-6-8(10)7-9(11)12-4-2/h7H,3-6H2,1-2H3/b8-7-. The van der Waals surface area contributed by atoms with Crippen molar-refractivity contribution in [1.82, 2.24) is 0 Å². The van der Waals surface area contributed by atoms with Crippen LogP contribution in [0.15, 0.2) is 9.66 Å². The third-order valence-corrected chi connectivity index (χ3v) is 2.18. The van der Waals surface area contributed by atoms with Gasteiger partial charge < -0.3 is 4.74 Å². The summed E-state index contributed by atoms with van der Waals surface area (Å²) in [5, 5.41) is 0. The second-order valence-corrected chi connectivity index (χ2v) is 3.83. The fraction of sp³-hybridized carbons (Fsp3) is 0.667. The molecule has 0 fully saturated rings. The van der Waals surface area contributed by atoms with Crippen LogP contribution in [0.5, 0.6) is 0 Å². The van der Waals surface area contributed by atoms with Gasteiger partial charge in [-0.1, -0.05) is 13.3 Å². The highest BCUT2D eigenvalue weighted by molar-refractivity contribution is 14.1. The van der Waals surface area contributed by atoms with Crippen LogP contribution in [0.1, 0.15) is 33.1 Å². The van der Waals surface area contributed by atoms with Gasteiger partial charge in [-0.2, -0.15) is 0 Å². The SMILES string of the molecule is CCCC/C(I)=C/C(=O)OCC. The summed E-state index contributed by atoms with van der Waals surface area (Å²) in [7, 11) is 0.